The fraction of sp³-hybridized carbons (Fsp3) is 0.450. The van der Waals surface area contributed by atoms with Crippen molar-refractivity contribution in [2.75, 3.05) is 26.0 Å². The lowest BCUT2D eigenvalue weighted by Gasteiger charge is -2.10. The first-order valence-corrected chi connectivity index (χ1v) is 8.68. The number of para-hydroxylation sites is 1. The van der Waals surface area contributed by atoms with Crippen LogP contribution in [0.5, 0.6) is 0 Å². The molecule has 1 amide bonds. The molecule has 0 spiro atoms. The highest BCUT2D eigenvalue weighted by Gasteiger charge is 2.31. The summed E-state index contributed by atoms with van der Waals surface area (Å²) in [4.78, 5) is 18.1. The summed E-state index contributed by atoms with van der Waals surface area (Å²) in [6.07, 6.45) is 2.97. The van der Waals surface area contributed by atoms with Crippen molar-refractivity contribution in [1.82, 2.24) is 9.88 Å². The van der Waals surface area contributed by atoms with Gasteiger partial charge in [0.05, 0.1) is 5.92 Å². The van der Waals surface area contributed by atoms with Gasteiger partial charge in [-0.1, -0.05) is 18.2 Å². The van der Waals surface area contributed by atoms with Gasteiger partial charge in [-0.25, -0.2) is 0 Å². The Morgan fingerprint density at radius 1 is 1.17 bits per heavy atom. The van der Waals surface area contributed by atoms with E-state index in [9.17, 15) is 4.79 Å². The molecule has 1 aromatic heterocycles. The summed E-state index contributed by atoms with van der Waals surface area (Å²) >= 11 is 0. The van der Waals surface area contributed by atoms with Crippen molar-refractivity contribution in [3.63, 3.8) is 0 Å². The number of H-pyrrole nitrogens is 1. The van der Waals surface area contributed by atoms with Crippen molar-refractivity contribution in [2.45, 2.75) is 39.0 Å². The summed E-state index contributed by atoms with van der Waals surface area (Å²) in [5, 5.41) is 3.00. The number of fused-ring (bicyclic) bond motifs is 1. The first kappa shape index (κ1) is 16.8. The average molecular weight is 325 g/mol. The van der Waals surface area contributed by atoms with Crippen molar-refractivity contribution in [2.24, 2.45) is 0 Å². The monoisotopic (exact) mass is 325 g/mol. The Kier molecular flexibility index (Phi) is 4.76. The zero-order valence-corrected chi connectivity index (χ0v) is 15.1. The maximum atomic E-state index is 12.4. The summed E-state index contributed by atoms with van der Waals surface area (Å²) in [6, 6.07) is 8.01. The lowest BCUT2D eigenvalue weighted by atomic mass is 9.93. The van der Waals surface area contributed by atoms with Crippen LogP contribution in [0.4, 0.5) is 5.69 Å². The number of hydrogen-bond acceptors (Lipinski definition) is 2. The zero-order valence-electron chi connectivity index (χ0n) is 15.1. The van der Waals surface area contributed by atoms with Crippen molar-refractivity contribution in [1.29, 1.82) is 0 Å². The number of carbonyl (C=O) groups is 1. The van der Waals surface area contributed by atoms with Crippen LogP contribution in [0, 0.1) is 13.8 Å². The molecular formula is C20H27N3O. The minimum Gasteiger partial charge on any atom is -0.362 e. The Balaban J connectivity index is 1.78. The molecule has 0 aliphatic carbocycles. The van der Waals surface area contributed by atoms with Gasteiger partial charge >= 0.3 is 0 Å². The number of aromatic amines is 1. The van der Waals surface area contributed by atoms with Crippen LogP contribution < -0.4 is 5.32 Å². The predicted octanol–water partition coefficient (Wildman–Crippen LogP) is 3.40. The van der Waals surface area contributed by atoms with Crippen LogP contribution >= 0.6 is 0 Å². The molecule has 2 aromatic rings. The SMILES string of the molecule is Cc1[nH]c(CC2C(=O)Nc3ccccc32)c(C)c1CCCN(C)C. The third-order valence-corrected chi connectivity index (χ3v) is 5.05. The summed E-state index contributed by atoms with van der Waals surface area (Å²) in [7, 11) is 4.22. The molecule has 1 aliphatic rings. The first-order chi connectivity index (χ1) is 11.5. The number of anilines is 1. The molecule has 2 heterocycles. The largest absolute Gasteiger partial charge is 0.362 e. The average Bonchev–Trinajstić information content (AvgIpc) is 2.98. The second-order valence-electron chi connectivity index (χ2n) is 7.07. The first-order valence-electron chi connectivity index (χ1n) is 8.68. The number of aryl methyl sites for hydroxylation is 1. The van der Waals surface area contributed by atoms with Crippen LogP contribution in [0.15, 0.2) is 24.3 Å². The Labute approximate surface area is 144 Å². The molecule has 24 heavy (non-hydrogen) atoms. The minimum atomic E-state index is -0.0902. The topological polar surface area (TPSA) is 48.1 Å². The van der Waals surface area contributed by atoms with E-state index >= 15 is 0 Å². The van der Waals surface area contributed by atoms with E-state index in [0.29, 0.717) is 0 Å². The van der Waals surface area contributed by atoms with Crippen LogP contribution in [0.1, 0.15) is 40.4 Å². The molecule has 1 aromatic carbocycles. The van der Waals surface area contributed by atoms with Gasteiger partial charge in [0.15, 0.2) is 0 Å². The smallest absolute Gasteiger partial charge is 0.232 e. The Morgan fingerprint density at radius 3 is 2.67 bits per heavy atom. The van der Waals surface area contributed by atoms with Gasteiger partial charge in [0.2, 0.25) is 5.91 Å². The molecule has 4 nitrogen and oxygen atoms in total. The Hall–Kier alpha value is -2.07. The van der Waals surface area contributed by atoms with E-state index in [1.54, 1.807) is 0 Å². The molecule has 1 atom stereocenters. The number of carbonyl (C=O) groups excluding carboxylic acids is 1. The molecule has 128 valence electrons. The standard InChI is InChI=1S/C20H27N3O/c1-13-15(9-7-11-23(3)4)14(2)21-19(13)12-17-16-8-5-6-10-18(16)22-20(17)24/h5-6,8,10,17,21H,7,9,11-12H2,1-4H3,(H,22,24). The minimum absolute atomic E-state index is 0.0902. The van der Waals surface area contributed by atoms with Crippen LogP contribution in [-0.4, -0.2) is 36.4 Å². The van der Waals surface area contributed by atoms with Crippen molar-refractivity contribution >= 4 is 11.6 Å². The molecule has 1 aliphatic heterocycles. The fourth-order valence-electron chi connectivity index (χ4n) is 3.69. The van der Waals surface area contributed by atoms with Crippen LogP contribution in [0.3, 0.4) is 0 Å². The van der Waals surface area contributed by atoms with Gasteiger partial charge in [-0.15, -0.1) is 0 Å². The highest BCUT2D eigenvalue weighted by atomic mass is 16.2. The number of benzene rings is 1. The zero-order chi connectivity index (χ0) is 17.3. The van der Waals surface area contributed by atoms with Crippen molar-refractivity contribution in [3.8, 4) is 0 Å². The molecule has 1 unspecified atom stereocenters. The van der Waals surface area contributed by atoms with Crippen LogP contribution in [0.25, 0.3) is 0 Å². The van der Waals surface area contributed by atoms with Gasteiger partial charge in [0, 0.05) is 23.5 Å². The van der Waals surface area contributed by atoms with E-state index in [4.69, 9.17) is 0 Å². The number of amides is 1. The molecule has 0 saturated carbocycles. The van der Waals surface area contributed by atoms with Crippen LogP contribution in [0.2, 0.25) is 0 Å². The van der Waals surface area contributed by atoms with E-state index < -0.39 is 0 Å². The van der Waals surface area contributed by atoms with Gasteiger partial charge in [0.1, 0.15) is 0 Å². The molecule has 0 fully saturated rings. The fourth-order valence-corrected chi connectivity index (χ4v) is 3.69. The molecule has 0 saturated heterocycles. The highest BCUT2D eigenvalue weighted by molar-refractivity contribution is 6.03. The number of nitrogens with zero attached hydrogens (tertiary/aromatic N) is 1. The lowest BCUT2D eigenvalue weighted by molar-refractivity contribution is -0.117. The maximum absolute atomic E-state index is 12.4. The molecule has 3 rings (SSSR count). The second-order valence-corrected chi connectivity index (χ2v) is 7.07. The second kappa shape index (κ2) is 6.81. The van der Waals surface area contributed by atoms with E-state index in [1.807, 2.05) is 18.2 Å². The van der Waals surface area contributed by atoms with Gasteiger partial charge in [-0.05, 0) is 70.1 Å². The number of nitrogens with one attached hydrogen (secondary N) is 2. The number of aromatic nitrogens is 1. The summed E-state index contributed by atoms with van der Waals surface area (Å²) < 4.78 is 0. The lowest BCUT2D eigenvalue weighted by Crippen LogP contribution is -2.15. The summed E-state index contributed by atoms with van der Waals surface area (Å²) in [5.74, 6) is 0.0181. The third kappa shape index (κ3) is 3.24. The summed E-state index contributed by atoms with van der Waals surface area (Å²) in [6.45, 7) is 5.42. The highest BCUT2D eigenvalue weighted by Crippen LogP contribution is 2.35. The van der Waals surface area contributed by atoms with E-state index in [-0.39, 0.29) is 11.8 Å². The molecular weight excluding hydrogens is 298 g/mol. The maximum Gasteiger partial charge on any atom is 0.232 e. The molecule has 0 radical (unpaired) electrons. The molecule has 2 N–H and O–H groups in total. The predicted molar refractivity (Wildman–Crippen MR) is 98.7 cm³/mol. The number of rotatable bonds is 6. The molecule has 4 heteroatoms. The normalized spacial score (nSPS) is 16.5. The van der Waals surface area contributed by atoms with E-state index in [2.05, 4.69) is 49.2 Å². The van der Waals surface area contributed by atoms with Crippen molar-refractivity contribution in [3.05, 3.63) is 52.3 Å². The Morgan fingerprint density at radius 2 is 1.92 bits per heavy atom. The quantitative estimate of drug-likeness (QED) is 0.855. The molecule has 0 bridgehead atoms. The van der Waals surface area contributed by atoms with E-state index in [0.717, 1.165) is 37.1 Å². The van der Waals surface area contributed by atoms with Gasteiger partial charge in [-0.2, -0.15) is 0 Å². The summed E-state index contributed by atoms with van der Waals surface area (Å²) in [5.41, 5.74) is 7.25. The van der Waals surface area contributed by atoms with Gasteiger partial charge < -0.3 is 15.2 Å². The van der Waals surface area contributed by atoms with Crippen molar-refractivity contribution < 1.29 is 4.79 Å². The Bertz CT molecular complexity index is 745. The van der Waals surface area contributed by atoms with Crippen LogP contribution in [-0.2, 0) is 17.6 Å². The van der Waals surface area contributed by atoms with E-state index in [1.165, 1.54) is 22.5 Å². The van der Waals surface area contributed by atoms with Gasteiger partial charge in [0.25, 0.3) is 0 Å². The third-order valence-electron chi connectivity index (χ3n) is 5.05. The number of hydrogen-bond donors (Lipinski definition) is 2. The van der Waals surface area contributed by atoms with Gasteiger partial charge in [-0.3, -0.25) is 4.79 Å².